The van der Waals surface area contributed by atoms with Crippen LogP contribution in [0.5, 0.6) is 0 Å². The highest BCUT2D eigenvalue weighted by Crippen LogP contribution is 2.40. The van der Waals surface area contributed by atoms with Gasteiger partial charge < -0.3 is 10.4 Å². The molecule has 3 rings (SSSR count). The Kier molecular flexibility index (Phi) is 6.24. The van der Waals surface area contributed by atoms with Gasteiger partial charge in [-0.05, 0) is 42.9 Å². The Morgan fingerprint density at radius 3 is 2.75 bits per heavy atom. The molecule has 5 nitrogen and oxygen atoms in total. The number of halogens is 1. The molecule has 1 aromatic rings. The van der Waals surface area contributed by atoms with Crippen LogP contribution in [0.25, 0.3) is 0 Å². The molecule has 1 amide bonds. The lowest BCUT2D eigenvalue weighted by atomic mass is 9.84. The van der Waals surface area contributed by atoms with Crippen molar-refractivity contribution >= 4 is 30.0 Å². The summed E-state index contributed by atoms with van der Waals surface area (Å²) in [7, 11) is 0. The van der Waals surface area contributed by atoms with Crippen molar-refractivity contribution in [1.82, 2.24) is 4.90 Å². The molecule has 1 aromatic carbocycles. The summed E-state index contributed by atoms with van der Waals surface area (Å²) < 4.78 is 0. The minimum absolute atomic E-state index is 0. The van der Waals surface area contributed by atoms with Gasteiger partial charge in [0.25, 0.3) is 0 Å². The second kappa shape index (κ2) is 7.99. The summed E-state index contributed by atoms with van der Waals surface area (Å²) in [4.78, 5) is 25.0. The van der Waals surface area contributed by atoms with E-state index in [1.165, 1.54) is 19.8 Å². The van der Waals surface area contributed by atoms with E-state index in [-0.39, 0.29) is 24.4 Å². The van der Waals surface area contributed by atoms with Crippen LogP contribution in [-0.4, -0.2) is 34.0 Å². The van der Waals surface area contributed by atoms with Crippen molar-refractivity contribution in [2.75, 3.05) is 5.32 Å². The van der Waals surface area contributed by atoms with Crippen molar-refractivity contribution in [1.29, 1.82) is 0 Å². The van der Waals surface area contributed by atoms with Crippen LogP contribution in [0.3, 0.4) is 0 Å². The number of nitrogens with zero attached hydrogens (tertiary/aromatic N) is 1. The van der Waals surface area contributed by atoms with Gasteiger partial charge in [0.05, 0.1) is 0 Å². The maximum atomic E-state index is 11.7. The van der Waals surface area contributed by atoms with E-state index < -0.39 is 5.97 Å². The smallest absolute Gasteiger partial charge is 0.320 e. The zero-order chi connectivity index (χ0) is 16.4. The van der Waals surface area contributed by atoms with Crippen LogP contribution in [0.4, 0.5) is 5.69 Å². The van der Waals surface area contributed by atoms with Crippen LogP contribution >= 0.6 is 12.4 Å². The van der Waals surface area contributed by atoms with E-state index in [9.17, 15) is 14.7 Å². The van der Waals surface area contributed by atoms with Gasteiger partial charge in [0, 0.05) is 25.2 Å². The summed E-state index contributed by atoms with van der Waals surface area (Å²) in [6.45, 7) is 2.12. The molecule has 6 heteroatoms. The molecule has 1 saturated heterocycles. The molecule has 2 aliphatic rings. The lowest BCUT2D eigenvalue weighted by Gasteiger charge is -2.33. The first-order chi connectivity index (χ1) is 11.0. The van der Waals surface area contributed by atoms with Gasteiger partial charge in [-0.1, -0.05) is 25.0 Å². The minimum atomic E-state index is -0.711. The molecular formula is C18H25ClN2O3. The number of carboxylic acid groups (broad SMARTS) is 1. The van der Waals surface area contributed by atoms with Gasteiger partial charge in [0.15, 0.2) is 0 Å². The van der Waals surface area contributed by atoms with Crippen LogP contribution in [0.15, 0.2) is 24.3 Å². The topological polar surface area (TPSA) is 69.6 Å². The number of hydrogen-bond acceptors (Lipinski definition) is 3. The molecule has 3 atom stereocenters. The van der Waals surface area contributed by atoms with Crippen molar-refractivity contribution in [3.05, 3.63) is 29.8 Å². The predicted octanol–water partition coefficient (Wildman–Crippen LogP) is 3.28. The quantitative estimate of drug-likeness (QED) is 0.872. The number of anilines is 1. The van der Waals surface area contributed by atoms with E-state index in [4.69, 9.17) is 0 Å². The van der Waals surface area contributed by atoms with E-state index in [1.807, 2.05) is 24.3 Å². The van der Waals surface area contributed by atoms with E-state index in [2.05, 4.69) is 10.2 Å². The first-order valence-corrected chi connectivity index (χ1v) is 8.39. The summed E-state index contributed by atoms with van der Waals surface area (Å²) >= 11 is 0. The molecule has 2 N–H and O–H groups in total. The molecular weight excluding hydrogens is 328 g/mol. The van der Waals surface area contributed by atoms with Crippen molar-refractivity contribution in [3.8, 4) is 0 Å². The fourth-order valence-electron chi connectivity index (χ4n) is 4.18. The third-order valence-electron chi connectivity index (χ3n) is 5.12. The largest absolute Gasteiger partial charge is 0.480 e. The first-order valence-electron chi connectivity index (χ1n) is 8.39. The molecule has 24 heavy (non-hydrogen) atoms. The summed E-state index contributed by atoms with van der Waals surface area (Å²) in [5.74, 6) is -0.292. The molecule has 132 valence electrons. The van der Waals surface area contributed by atoms with Gasteiger partial charge in [0.1, 0.15) is 6.04 Å². The van der Waals surface area contributed by atoms with Crippen LogP contribution in [0.1, 0.15) is 44.6 Å². The van der Waals surface area contributed by atoms with Crippen LogP contribution in [0, 0.1) is 5.92 Å². The average molecular weight is 353 g/mol. The number of hydrogen-bond donors (Lipinski definition) is 2. The summed E-state index contributed by atoms with van der Waals surface area (Å²) in [5, 5.41) is 12.4. The van der Waals surface area contributed by atoms with Crippen molar-refractivity contribution < 1.29 is 14.7 Å². The van der Waals surface area contributed by atoms with Crippen molar-refractivity contribution in [2.24, 2.45) is 5.92 Å². The average Bonchev–Trinajstić information content (AvgIpc) is 2.86. The first kappa shape index (κ1) is 18.7. The number of fused-ring (bicyclic) bond motifs is 1. The van der Waals surface area contributed by atoms with Crippen LogP contribution in [0.2, 0.25) is 0 Å². The van der Waals surface area contributed by atoms with Crippen LogP contribution in [-0.2, 0) is 16.1 Å². The van der Waals surface area contributed by atoms with Crippen molar-refractivity contribution in [3.63, 3.8) is 0 Å². The lowest BCUT2D eigenvalue weighted by molar-refractivity contribution is -0.142. The number of carbonyl (C=O) groups is 2. The number of rotatable bonds is 4. The van der Waals surface area contributed by atoms with E-state index in [0.717, 1.165) is 30.5 Å². The Labute approximate surface area is 148 Å². The number of carboxylic acids is 1. The minimum Gasteiger partial charge on any atom is -0.480 e. The number of amides is 1. The highest BCUT2D eigenvalue weighted by Gasteiger charge is 2.44. The fourth-order valence-corrected chi connectivity index (χ4v) is 4.18. The molecule has 0 aromatic heterocycles. The zero-order valence-electron chi connectivity index (χ0n) is 13.9. The maximum Gasteiger partial charge on any atom is 0.320 e. The Morgan fingerprint density at radius 2 is 2.04 bits per heavy atom. The summed E-state index contributed by atoms with van der Waals surface area (Å²) in [5.41, 5.74) is 1.81. The molecule has 0 bridgehead atoms. The zero-order valence-corrected chi connectivity index (χ0v) is 14.7. The molecule has 1 heterocycles. The fraction of sp³-hybridized carbons (Fsp3) is 0.556. The Balaban J connectivity index is 0.00000208. The number of likely N-dealkylation sites (tertiary alicyclic amines) is 1. The van der Waals surface area contributed by atoms with E-state index in [0.29, 0.717) is 18.5 Å². The van der Waals surface area contributed by atoms with Crippen LogP contribution < -0.4 is 5.32 Å². The van der Waals surface area contributed by atoms with Gasteiger partial charge >= 0.3 is 5.97 Å². The predicted molar refractivity (Wildman–Crippen MR) is 95.3 cm³/mol. The Hall–Kier alpha value is -1.59. The molecule has 1 saturated carbocycles. The molecule has 3 unspecified atom stereocenters. The van der Waals surface area contributed by atoms with E-state index >= 15 is 0 Å². The lowest BCUT2D eigenvalue weighted by Crippen LogP contribution is -2.41. The highest BCUT2D eigenvalue weighted by molar-refractivity contribution is 5.88. The number of benzene rings is 1. The SMILES string of the molecule is CC(=O)Nc1cccc(CN2C(C(=O)O)CC3CCCCC32)c1.Cl. The summed E-state index contributed by atoms with van der Waals surface area (Å²) in [6.07, 6.45) is 5.43. The second-order valence-corrected chi connectivity index (χ2v) is 6.76. The number of carbonyl (C=O) groups excluding carboxylic acids is 1. The standard InChI is InChI=1S/C18H24N2O3.ClH/c1-12(21)19-15-7-4-5-13(9-15)11-20-16-8-3-2-6-14(16)10-17(20)18(22)23;/h4-5,7,9,14,16-17H,2-3,6,8,10-11H2,1H3,(H,19,21)(H,22,23);1H. The third kappa shape index (κ3) is 4.08. The monoisotopic (exact) mass is 352 g/mol. The van der Waals surface area contributed by atoms with Gasteiger partial charge in [-0.15, -0.1) is 12.4 Å². The number of aliphatic carboxylic acids is 1. The second-order valence-electron chi connectivity index (χ2n) is 6.76. The molecule has 0 radical (unpaired) electrons. The van der Waals surface area contributed by atoms with Gasteiger partial charge in [-0.2, -0.15) is 0 Å². The van der Waals surface area contributed by atoms with E-state index in [1.54, 1.807) is 0 Å². The highest BCUT2D eigenvalue weighted by atomic mass is 35.5. The molecule has 2 fully saturated rings. The Morgan fingerprint density at radius 1 is 1.29 bits per heavy atom. The van der Waals surface area contributed by atoms with Gasteiger partial charge in [-0.3, -0.25) is 14.5 Å². The van der Waals surface area contributed by atoms with Gasteiger partial charge in [0.2, 0.25) is 5.91 Å². The molecule has 1 aliphatic carbocycles. The van der Waals surface area contributed by atoms with Crippen molar-refractivity contribution in [2.45, 2.75) is 57.7 Å². The third-order valence-corrected chi connectivity index (χ3v) is 5.12. The maximum absolute atomic E-state index is 11.7. The normalized spacial score (nSPS) is 26.3. The summed E-state index contributed by atoms with van der Waals surface area (Å²) in [6, 6.07) is 7.70. The van der Waals surface area contributed by atoms with Gasteiger partial charge in [-0.25, -0.2) is 0 Å². The molecule has 1 aliphatic heterocycles. The Bertz CT molecular complexity index is 608. The molecule has 0 spiro atoms. The number of nitrogens with one attached hydrogen (secondary N) is 1.